The number of hydrogen-bond donors (Lipinski definition) is 1. The Balaban J connectivity index is 2.69. The van der Waals surface area contributed by atoms with Gasteiger partial charge in [-0.1, -0.05) is 23.2 Å². The molecule has 0 spiro atoms. The molecule has 1 aromatic carbocycles. The molecule has 2 nitrogen and oxygen atoms in total. The van der Waals surface area contributed by atoms with Gasteiger partial charge in [-0.15, -0.1) is 0 Å². The van der Waals surface area contributed by atoms with E-state index in [1.807, 2.05) is 0 Å². The molecule has 0 aliphatic rings. The molecule has 6 heteroatoms. The van der Waals surface area contributed by atoms with Gasteiger partial charge in [-0.2, -0.15) is 5.26 Å². The Labute approximate surface area is 125 Å². The summed E-state index contributed by atoms with van der Waals surface area (Å²) in [6.45, 7) is 0. The third-order valence-corrected chi connectivity index (χ3v) is 4.68. The van der Waals surface area contributed by atoms with E-state index in [-0.39, 0.29) is 0 Å². The van der Waals surface area contributed by atoms with Gasteiger partial charge in [0.05, 0.1) is 25.4 Å². The van der Waals surface area contributed by atoms with Gasteiger partial charge >= 0.3 is 0 Å². The van der Waals surface area contributed by atoms with Gasteiger partial charge in [0.1, 0.15) is 6.07 Å². The van der Waals surface area contributed by atoms with E-state index in [1.54, 1.807) is 18.2 Å². The molecule has 0 bridgehead atoms. The zero-order valence-electron chi connectivity index (χ0n) is 8.19. The van der Waals surface area contributed by atoms with Crippen LogP contribution in [0, 0.1) is 11.3 Å². The van der Waals surface area contributed by atoms with Gasteiger partial charge in [-0.25, -0.2) is 0 Å². The number of benzene rings is 1. The summed E-state index contributed by atoms with van der Waals surface area (Å²) in [4.78, 5) is 3.06. The molecule has 2 aromatic rings. The zero-order chi connectivity index (χ0) is 12.6. The molecule has 0 aliphatic carbocycles. The Morgan fingerprint density at radius 2 is 1.94 bits per heavy atom. The van der Waals surface area contributed by atoms with E-state index in [4.69, 9.17) is 28.5 Å². The molecule has 0 amide bonds. The van der Waals surface area contributed by atoms with Gasteiger partial charge in [-0.05, 0) is 50.1 Å². The van der Waals surface area contributed by atoms with Crippen molar-refractivity contribution in [1.29, 1.82) is 5.26 Å². The minimum Gasteiger partial charge on any atom is -0.347 e. The summed E-state index contributed by atoms with van der Waals surface area (Å²) in [5.41, 5.74) is 1.90. The number of nitriles is 1. The minimum atomic E-state index is 0.496. The van der Waals surface area contributed by atoms with Crippen molar-refractivity contribution in [3.05, 3.63) is 42.9 Å². The van der Waals surface area contributed by atoms with Crippen LogP contribution in [0.3, 0.4) is 0 Å². The zero-order valence-corrected chi connectivity index (χ0v) is 12.9. The van der Waals surface area contributed by atoms with Gasteiger partial charge in [-0.3, -0.25) is 0 Å². The molecule has 0 saturated carbocycles. The quantitative estimate of drug-likeness (QED) is 0.692. The molecule has 0 atom stereocenters. The highest BCUT2D eigenvalue weighted by atomic mass is 79.9. The average Bonchev–Trinajstić information content (AvgIpc) is 2.55. The van der Waals surface area contributed by atoms with Crippen LogP contribution in [0.2, 0.25) is 10.0 Å². The lowest BCUT2D eigenvalue weighted by Crippen LogP contribution is -1.83. The summed E-state index contributed by atoms with van der Waals surface area (Å²) in [6.07, 6.45) is 0. The number of aromatic nitrogens is 1. The molecular formula is C11H4Br2Cl2N2. The second kappa shape index (κ2) is 5.03. The summed E-state index contributed by atoms with van der Waals surface area (Å²) in [5.74, 6) is 0. The Morgan fingerprint density at radius 3 is 2.53 bits per heavy atom. The van der Waals surface area contributed by atoms with E-state index in [9.17, 15) is 0 Å². The minimum absolute atomic E-state index is 0.496. The maximum atomic E-state index is 9.13. The van der Waals surface area contributed by atoms with Crippen molar-refractivity contribution in [2.24, 2.45) is 0 Å². The Bertz CT molecular complexity index is 629. The Kier molecular flexibility index (Phi) is 3.84. The number of nitrogens with one attached hydrogen (secondary N) is 1. The highest BCUT2D eigenvalue weighted by Crippen LogP contribution is 2.37. The first-order valence-corrected chi connectivity index (χ1v) is 6.81. The number of halogens is 4. The molecule has 0 aliphatic heterocycles. The molecule has 86 valence electrons. The predicted molar refractivity (Wildman–Crippen MR) is 76.4 cm³/mol. The Hall–Kier alpha value is -0.470. The van der Waals surface area contributed by atoms with Crippen molar-refractivity contribution in [3.8, 4) is 17.3 Å². The molecular weight excluding hydrogens is 391 g/mol. The fourth-order valence-corrected chi connectivity index (χ4v) is 2.73. The monoisotopic (exact) mass is 392 g/mol. The third kappa shape index (κ3) is 2.38. The largest absolute Gasteiger partial charge is 0.347 e. The van der Waals surface area contributed by atoms with E-state index in [0.717, 1.165) is 5.56 Å². The molecule has 0 fully saturated rings. The second-order valence-corrected chi connectivity index (χ2v) is 5.67. The van der Waals surface area contributed by atoms with Crippen LogP contribution in [0.15, 0.2) is 27.3 Å². The van der Waals surface area contributed by atoms with Crippen LogP contribution < -0.4 is 0 Å². The van der Waals surface area contributed by atoms with Crippen molar-refractivity contribution in [3.63, 3.8) is 0 Å². The highest BCUT2D eigenvalue weighted by Gasteiger charge is 2.17. The van der Waals surface area contributed by atoms with Crippen molar-refractivity contribution < 1.29 is 0 Å². The lowest BCUT2D eigenvalue weighted by Gasteiger charge is -2.03. The van der Waals surface area contributed by atoms with Gasteiger partial charge < -0.3 is 4.98 Å². The summed E-state index contributed by atoms with van der Waals surface area (Å²) >= 11 is 18.6. The van der Waals surface area contributed by atoms with Crippen LogP contribution in [0.1, 0.15) is 5.56 Å². The molecule has 17 heavy (non-hydrogen) atoms. The first-order valence-electron chi connectivity index (χ1n) is 4.47. The molecule has 1 N–H and O–H groups in total. The first kappa shape index (κ1) is 13.0. The van der Waals surface area contributed by atoms with E-state index in [2.05, 4.69) is 42.9 Å². The van der Waals surface area contributed by atoms with Crippen molar-refractivity contribution in [2.45, 2.75) is 0 Å². The topological polar surface area (TPSA) is 39.6 Å². The van der Waals surface area contributed by atoms with Crippen LogP contribution in [-0.4, -0.2) is 4.98 Å². The van der Waals surface area contributed by atoms with Crippen LogP contribution >= 0.6 is 55.1 Å². The average molecular weight is 395 g/mol. The lowest BCUT2D eigenvalue weighted by atomic mass is 10.1. The maximum Gasteiger partial charge on any atom is 0.103 e. The number of rotatable bonds is 1. The Morgan fingerprint density at radius 1 is 1.24 bits per heavy atom. The maximum absolute atomic E-state index is 9.13. The fourth-order valence-electron chi connectivity index (χ4n) is 1.45. The molecule has 0 unspecified atom stereocenters. The van der Waals surface area contributed by atoms with Crippen LogP contribution in [0.4, 0.5) is 0 Å². The van der Waals surface area contributed by atoms with Gasteiger partial charge in [0.25, 0.3) is 0 Å². The van der Waals surface area contributed by atoms with E-state index >= 15 is 0 Å². The number of hydrogen-bond acceptors (Lipinski definition) is 1. The standard InChI is InChI=1S/C11H4Br2Cl2N2/c12-9-7(4-16)10(17-11(9)13)6-2-1-5(14)3-8(6)15/h1-3,17H. The number of nitrogens with zero attached hydrogens (tertiary/aromatic N) is 1. The second-order valence-electron chi connectivity index (χ2n) is 3.24. The predicted octanol–water partition coefficient (Wildman–Crippen LogP) is 5.39. The van der Waals surface area contributed by atoms with Crippen LogP contribution in [0.25, 0.3) is 11.3 Å². The summed E-state index contributed by atoms with van der Waals surface area (Å²) in [7, 11) is 0. The molecule has 2 rings (SSSR count). The number of H-pyrrole nitrogens is 1. The van der Waals surface area contributed by atoms with Gasteiger partial charge in [0, 0.05) is 10.6 Å². The molecule has 0 saturated heterocycles. The third-order valence-electron chi connectivity index (χ3n) is 2.21. The van der Waals surface area contributed by atoms with E-state index < -0.39 is 0 Å². The summed E-state index contributed by atoms with van der Waals surface area (Å²) in [6, 6.07) is 7.27. The summed E-state index contributed by atoms with van der Waals surface area (Å²) < 4.78 is 1.39. The summed E-state index contributed by atoms with van der Waals surface area (Å²) in [5, 5.41) is 10.2. The van der Waals surface area contributed by atoms with E-state index in [0.29, 0.717) is 30.4 Å². The van der Waals surface area contributed by atoms with Gasteiger partial charge in [0.2, 0.25) is 0 Å². The molecule has 1 aromatic heterocycles. The number of aromatic amines is 1. The fraction of sp³-hybridized carbons (Fsp3) is 0. The van der Waals surface area contributed by atoms with Crippen LogP contribution in [-0.2, 0) is 0 Å². The van der Waals surface area contributed by atoms with Crippen LogP contribution in [0.5, 0.6) is 0 Å². The normalized spacial score (nSPS) is 10.3. The molecule has 1 heterocycles. The smallest absolute Gasteiger partial charge is 0.103 e. The van der Waals surface area contributed by atoms with Crippen molar-refractivity contribution in [1.82, 2.24) is 4.98 Å². The molecule has 0 radical (unpaired) electrons. The van der Waals surface area contributed by atoms with Gasteiger partial charge in [0.15, 0.2) is 0 Å². The van der Waals surface area contributed by atoms with Crippen molar-refractivity contribution in [2.75, 3.05) is 0 Å². The SMILES string of the molecule is N#Cc1c(-c2ccc(Cl)cc2Cl)[nH]c(Br)c1Br. The highest BCUT2D eigenvalue weighted by molar-refractivity contribution is 9.13. The van der Waals surface area contributed by atoms with Crippen molar-refractivity contribution >= 4 is 55.1 Å². The van der Waals surface area contributed by atoms with E-state index in [1.165, 1.54) is 0 Å². The lowest BCUT2D eigenvalue weighted by molar-refractivity contribution is 1.34. The first-order chi connectivity index (χ1) is 8.04.